The van der Waals surface area contributed by atoms with Gasteiger partial charge in [-0.1, -0.05) is 13.8 Å². The quantitative estimate of drug-likeness (QED) is 0.611. The third-order valence-corrected chi connectivity index (χ3v) is 1.81. The minimum atomic E-state index is -0.231. The van der Waals surface area contributed by atoms with Crippen LogP contribution in [0.1, 0.15) is 26.7 Å². The highest BCUT2D eigenvalue weighted by Crippen LogP contribution is 2.04. The molecule has 77 valence electrons. The Labute approximate surface area is 80.6 Å². The molecule has 0 saturated heterocycles. The van der Waals surface area contributed by atoms with E-state index in [1.165, 1.54) is 0 Å². The summed E-state index contributed by atoms with van der Waals surface area (Å²) >= 11 is 0. The zero-order valence-corrected chi connectivity index (χ0v) is 8.58. The summed E-state index contributed by atoms with van der Waals surface area (Å²) in [6.45, 7) is 9.02. The van der Waals surface area contributed by atoms with Crippen LogP contribution in [-0.4, -0.2) is 19.1 Å². The summed E-state index contributed by atoms with van der Waals surface area (Å²) in [5, 5.41) is 0. The van der Waals surface area contributed by atoms with E-state index in [9.17, 15) is 4.79 Å². The largest absolute Gasteiger partial charge is 0.381 e. The lowest BCUT2D eigenvalue weighted by Gasteiger charge is -2.08. The third kappa shape index (κ3) is 7.78. The number of carbonyl (C=O) groups is 1. The van der Waals surface area contributed by atoms with E-state index in [-0.39, 0.29) is 11.8 Å². The number of nitrogens with two attached hydrogens (primary N) is 1. The van der Waals surface area contributed by atoms with Crippen LogP contribution in [0.2, 0.25) is 0 Å². The number of ether oxygens (including phenoxy) is 1. The van der Waals surface area contributed by atoms with Crippen LogP contribution in [0.4, 0.5) is 0 Å². The molecule has 2 atom stereocenters. The Balaban J connectivity index is 3.21. The van der Waals surface area contributed by atoms with Crippen molar-refractivity contribution >= 4 is 5.91 Å². The molecule has 3 heteroatoms. The van der Waals surface area contributed by atoms with Crippen molar-refractivity contribution in [3.63, 3.8) is 0 Å². The highest BCUT2D eigenvalue weighted by Gasteiger charge is 2.07. The van der Waals surface area contributed by atoms with Crippen LogP contribution in [-0.2, 0) is 9.53 Å². The Morgan fingerprint density at radius 1 is 1.54 bits per heavy atom. The Kier molecular flexibility index (Phi) is 6.59. The van der Waals surface area contributed by atoms with Crippen molar-refractivity contribution in [2.24, 2.45) is 17.6 Å². The normalized spacial score (nSPS) is 13.2. The van der Waals surface area contributed by atoms with Crippen LogP contribution in [0.5, 0.6) is 0 Å². The number of hydrogen-bond donors (Lipinski definition) is 1. The molecule has 3 nitrogen and oxygen atoms in total. The van der Waals surface area contributed by atoms with E-state index in [2.05, 4.69) is 6.92 Å². The maximum absolute atomic E-state index is 10.6. The summed E-state index contributed by atoms with van der Waals surface area (Å²) in [7, 11) is 0. The second-order valence-corrected chi connectivity index (χ2v) is 3.63. The molecule has 13 heavy (non-hydrogen) atoms. The van der Waals surface area contributed by atoms with E-state index in [1.54, 1.807) is 0 Å². The van der Waals surface area contributed by atoms with Gasteiger partial charge in [0.2, 0.25) is 5.91 Å². The molecule has 0 aromatic carbocycles. The van der Waals surface area contributed by atoms with Crippen molar-refractivity contribution in [3.8, 4) is 0 Å². The van der Waals surface area contributed by atoms with Gasteiger partial charge in [-0.15, -0.1) is 0 Å². The van der Waals surface area contributed by atoms with Crippen molar-refractivity contribution in [2.45, 2.75) is 26.7 Å². The van der Waals surface area contributed by atoms with Crippen LogP contribution in [0, 0.1) is 18.8 Å². The predicted molar refractivity (Wildman–Crippen MR) is 52.9 cm³/mol. The molecular formula is C10H20NO2. The van der Waals surface area contributed by atoms with Crippen molar-refractivity contribution in [2.75, 3.05) is 13.2 Å². The lowest BCUT2D eigenvalue weighted by atomic mass is 10.1. The van der Waals surface area contributed by atoms with Gasteiger partial charge < -0.3 is 10.5 Å². The average molecular weight is 186 g/mol. The molecule has 0 heterocycles. The van der Waals surface area contributed by atoms with Gasteiger partial charge in [0.25, 0.3) is 0 Å². The molecule has 0 aromatic heterocycles. The highest BCUT2D eigenvalue weighted by molar-refractivity contribution is 5.76. The Hall–Kier alpha value is -0.570. The van der Waals surface area contributed by atoms with E-state index < -0.39 is 0 Å². The van der Waals surface area contributed by atoms with Gasteiger partial charge in [-0.05, 0) is 25.7 Å². The lowest BCUT2D eigenvalue weighted by Crippen LogP contribution is -2.20. The fraction of sp³-hybridized carbons (Fsp3) is 0.800. The number of rotatable bonds is 7. The van der Waals surface area contributed by atoms with E-state index in [4.69, 9.17) is 10.5 Å². The highest BCUT2D eigenvalue weighted by atomic mass is 16.5. The molecule has 0 aliphatic heterocycles. The molecule has 0 saturated carbocycles. The zero-order valence-electron chi connectivity index (χ0n) is 8.58. The fourth-order valence-electron chi connectivity index (χ4n) is 0.918. The summed E-state index contributed by atoms with van der Waals surface area (Å²) < 4.78 is 5.31. The number of hydrogen-bond acceptors (Lipinski definition) is 2. The van der Waals surface area contributed by atoms with E-state index >= 15 is 0 Å². The van der Waals surface area contributed by atoms with E-state index in [1.807, 2.05) is 13.8 Å². The monoisotopic (exact) mass is 186 g/mol. The van der Waals surface area contributed by atoms with Crippen LogP contribution in [0.25, 0.3) is 0 Å². The average Bonchev–Trinajstić information content (AvgIpc) is 2.02. The SMILES string of the molecule is [CH2]C(C)COCCCC(C)C(N)=O. The smallest absolute Gasteiger partial charge is 0.220 e. The Morgan fingerprint density at radius 3 is 2.62 bits per heavy atom. The maximum Gasteiger partial charge on any atom is 0.220 e. The summed E-state index contributed by atoms with van der Waals surface area (Å²) in [6.07, 6.45) is 1.69. The Morgan fingerprint density at radius 2 is 2.15 bits per heavy atom. The standard InChI is InChI=1S/C10H20NO2/c1-8(2)7-13-6-4-5-9(3)10(11)12/h8-9H,1,4-7H2,2-3H3,(H2,11,12). The third-order valence-electron chi connectivity index (χ3n) is 1.81. The first-order valence-corrected chi connectivity index (χ1v) is 4.74. The number of primary amides is 1. The molecule has 2 unspecified atom stereocenters. The molecule has 0 aromatic rings. The second-order valence-electron chi connectivity index (χ2n) is 3.63. The first-order valence-electron chi connectivity index (χ1n) is 4.74. The zero-order chi connectivity index (χ0) is 10.3. The van der Waals surface area contributed by atoms with Gasteiger partial charge in [-0.3, -0.25) is 4.79 Å². The molecule has 2 N–H and O–H groups in total. The summed E-state index contributed by atoms with van der Waals surface area (Å²) in [4.78, 5) is 10.6. The molecule has 0 bridgehead atoms. The molecule has 1 amide bonds. The predicted octanol–water partition coefficient (Wildman–Crippen LogP) is 1.37. The summed E-state index contributed by atoms with van der Waals surface area (Å²) in [5.41, 5.74) is 5.11. The van der Waals surface area contributed by atoms with Gasteiger partial charge in [-0.25, -0.2) is 0 Å². The summed E-state index contributed by atoms with van der Waals surface area (Å²) in [6, 6.07) is 0. The molecule has 0 fully saturated rings. The lowest BCUT2D eigenvalue weighted by molar-refractivity contribution is -0.121. The van der Waals surface area contributed by atoms with Crippen LogP contribution >= 0.6 is 0 Å². The van der Waals surface area contributed by atoms with Gasteiger partial charge in [0.05, 0.1) is 0 Å². The molecular weight excluding hydrogens is 166 g/mol. The summed E-state index contributed by atoms with van der Waals surface area (Å²) in [5.74, 6) is 0.0554. The van der Waals surface area contributed by atoms with Gasteiger partial charge in [0.15, 0.2) is 0 Å². The van der Waals surface area contributed by atoms with Crippen molar-refractivity contribution in [3.05, 3.63) is 6.92 Å². The fourth-order valence-corrected chi connectivity index (χ4v) is 0.918. The molecule has 0 rings (SSSR count). The van der Waals surface area contributed by atoms with E-state index in [0.29, 0.717) is 19.1 Å². The van der Waals surface area contributed by atoms with Crippen molar-refractivity contribution in [1.82, 2.24) is 0 Å². The first kappa shape index (κ1) is 12.4. The topological polar surface area (TPSA) is 52.3 Å². The minimum absolute atomic E-state index is 0.0409. The molecule has 1 radical (unpaired) electrons. The van der Waals surface area contributed by atoms with Crippen LogP contribution < -0.4 is 5.73 Å². The number of amides is 1. The number of carbonyl (C=O) groups excluding carboxylic acids is 1. The maximum atomic E-state index is 10.6. The minimum Gasteiger partial charge on any atom is -0.381 e. The van der Waals surface area contributed by atoms with Crippen molar-refractivity contribution < 1.29 is 9.53 Å². The molecule has 0 spiro atoms. The Bertz CT molecular complexity index is 146. The van der Waals surface area contributed by atoms with Gasteiger partial charge in [-0.2, -0.15) is 0 Å². The first-order chi connectivity index (χ1) is 6.04. The molecule has 0 aliphatic carbocycles. The van der Waals surface area contributed by atoms with Crippen molar-refractivity contribution in [1.29, 1.82) is 0 Å². The second kappa shape index (κ2) is 6.89. The van der Waals surface area contributed by atoms with Gasteiger partial charge in [0, 0.05) is 19.1 Å². The van der Waals surface area contributed by atoms with E-state index in [0.717, 1.165) is 12.8 Å². The van der Waals surface area contributed by atoms with Gasteiger partial charge in [0.1, 0.15) is 0 Å². The van der Waals surface area contributed by atoms with Crippen LogP contribution in [0.15, 0.2) is 0 Å². The molecule has 0 aliphatic rings. The van der Waals surface area contributed by atoms with Crippen LogP contribution in [0.3, 0.4) is 0 Å². The van der Waals surface area contributed by atoms with Gasteiger partial charge >= 0.3 is 0 Å².